The number of carbonyl (C=O) groups excluding carboxylic acids is 1. The van der Waals surface area contributed by atoms with Gasteiger partial charge in [0, 0.05) is 14.1 Å². The van der Waals surface area contributed by atoms with E-state index in [1.807, 2.05) is 38.1 Å². The van der Waals surface area contributed by atoms with E-state index in [0.29, 0.717) is 5.71 Å². The van der Waals surface area contributed by atoms with Gasteiger partial charge in [-0.15, -0.1) is 0 Å². The molecule has 0 aliphatic carbocycles. The number of aryl methyl sites for hydroxylation is 1. The average Bonchev–Trinajstić information content (AvgIpc) is 2.66. The number of hydrogen-bond acceptors (Lipinski definition) is 7. The number of hydrazone groups is 1. The van der Waals surface area contributed by atoms with Gasteiger partial charge in [0.25, 0.3) is 5.56 Å². The van der Waals surface area contributed by atoms with Crippen molar-refractivity contribution in [2.75, 3.05) is 5.75 Å². The Kier molecular flexibility index (Phi) is 7.16. The van der Waals surface area contributed by atoms with Crippen LogP contribution < -0.4 is 21.4 Å². The van der Waals surface area contributed by atoms with E-state index >= 15 is 0 Å². The number of hydrogen-bond donors (Lipinski definition) is 1. The normalized spacial score (nSPS) is 11.6. The van der Waals surface area contributed by atoms with Crippen molar-refractivity contribution in [1.82, 2.24) is 19.8 Å². The third-order valence-corrected chi connectivity index (χ3v) is 4.56. The molecule has 0 bridgehead atoms. The van der Waals surface area contributed by atoms with E-state index in [1.165, 1.54) is 14.1 Å². The Bertz CT molecular complexity index is 993. The van der Waals surface area contributed by atoms with Gasteiger partial charge in [0.1, 0.15) is 5.75 Å². The van der Waals surface area contributed by atoms with Crippen LogP contribution in [0.5, 0.6) is 5.75 Å². The van der Waals surface area contributed by atoms with E-state index in [4.69, 9.17) is 4.74 Å². The Labute approximate surface area is 166 Å². The lowest BCUT2D eigenvalue weighted by Crippen LogP contribution is -2.39. The Balaban J connectivity index is 1.96. The highest BCUT2D eigenvalue weighted by Crippen LogP contribution is 2.14. The van der Waals surface area contributed by atoms with Gasteiger partial charge in [0.15, 0.2) is 5.03 Å². The van der Waals surface area contributed by atoms with Crippen molar-refractivity contribution in [3.8, 4) is 5.75 Å². The van der Waals surface area contributed by atoms with Crippen molar-refractivity contribution >= 4 is 23.4 Å². The fraction of sp³-hybridized carbons (Fsp3) is 0.389. The van der Waals surface area contributed by atoms with Crippen molar-refractivity contribution in [3.63, 3.8) is 0 Å². The summed E-state index contributed by atoms with van der Waals surface area (Å²) in [7, 11) is 2.80. The largest absolute Gasteiger partial charge is 0.491 e. The lowest BCUT2D eigenvalue weighted by Gasteiger charge is -2.10. The first kappa shape index (κ1) is 21.4. The van der Waals surface area contributed by atoms with Crippen molar-refractivity contribution in [2.45, 2.75) is 31.9 Å². The second-order valence-electron chi connectivity index (χ2n) is 6.29. The Morgan fingerprint density at radius 1 is 1.25 bits per heavy atom. The highest BCUT2D eigenvalue weighted by atomic mass is 32.2. The number of nitrogens with zero attached hydrogens (tertiary/aromatic N) is 4. The zero-order valence-corrected chi connectivity index (χ0v) is 17.2. The fourth-order valence-electron chi connectivity index (χ4n) is 2.18. The molecule has 2 rings (SSSR count). The van der Waals surface area contributed by atoms with E-state index in [-0.39, 0.29) is 22.8 Å². The van der Waals surface area contributed by atoms with Gasteiger partial charge in [-0.3, -0.25) is 14.2 Å². The summed E-state index contributed by atoms with van der Waals surface area (Å²) in [6, 6.07) is 7.39. The smallest absolute Gasteiger partial charge is 0.346 e. The summed E-state index contributed by atoms with van der Waals surface area (Å²) in [5.41, 5.74) is 2.86. The molecule has 0 aliphatic rings. The second kappa shape index (κ2) is 9.36. The lowest BCUT2D eigenvalue weighted by molar-refractivity contribution is -0.118. The Morgan fingerprint density at radius 2 is 1.89 bits per heavy atom. The fourth-order valence-corrected chi connectivity index (χ4v) is 2.96. The first-order valence-corrected chi connectivity index (χ1v) is 9.55. The first-order valence-electron chi connectivity index (χ1n) is 8.56. The minimum Gasteiger partial charge on any atom is -0.491 e. The number of rotatable bonds is 7. The van der Waals surface area contributed by atoms with Crippen LogP contribution in [0, 0.1) is 0 Å². The topological polar surface area (TPSA) is 108 Å². The first-order chi connectivity index (χ1) is 13.2. The highest BCUT2D eigenvalue weighted by Gasteiger charge is 2.11. The van der Waals surface area contributed by atoms with Crippen molar-refractivity contribution in [2.24, 2.45) is 19.2 Å². The summed E-state index contributed by atoms with van der Waals surface area (Å²) >= 11 is 0.945. The molecule has 1 heterocycles. The van der Waals surface area contributed by atoms with E-state index in [1.54, 1.807) is 6.92 Å². The number of thioether (sulfide) groups is 1. The minimum absolute atomic E-state index is 0.0572. The molecular formula is C18H23N5O4S. The molecule has 1 aromatic carbocycles. The average molecular weight is 405 g/mol. The molecule has 1 N–H and O–H groups in total. The van der Waals surface area contributed by atoms with Crippen LogP contribution in [0.15, 0.2) is 44.0 Å². The maximum atomic E-state index is 12.0. The van der Waals surface area contributed by atoms with E-state index in [2.05, 4.69) is 15.6 Å². The Hall–Kier alpha value is -2.88. The molecule has 28 heavy (non-hydrogen) atoms. The molecule has 0 fully saturated rings. The van der Waals surface area contributed by atoms with Gasteiger partial charge in [-0.2, -0.15) is 10.2 Å². The van der Waals surface area contributed by atoms with Crippen LogP contribution in [0.2, 0.25) is 0 Å². The monoisotopic (exact) mass is 405 g/mol. The lowest BCUT2D eigenvalue weighted by atomic mass is 10.1. The van der Waals surface area contributed by atoms with Gasteiger partial charge < -0.3 is 4.74 Å². The predicted molar refractivity (Wildman–Crippen MR) is 108 cm³/mol. The molecule has 2 aromatic rings. The van der Waals surface area contributed by atoms with Gasteiger partial charge in [-0.25, -0.2) is 14.9 Å². The van der Waals surface area contributed by atoms with Crippen molar-refractivity contribution in [1.29, 1.82) is 0 Å². The number of ether oxygens (including phenoxy) is 1. The van der Waals surface area contributed by atoms with Crippen LogP contribution in [0.1, 0.15) is 26.3 Å². The maximum absolute atomic E-state index is 12.0. The van der Waals surface area contributed by atoms with Crippen molar-refractivity contribution < 1.29 is 9.53 Å². The van der Waals surface area contributed by atoms with Gasteiger partial charge in [-0.05, 0) is 50.6 Å². The Morgan fingerprint density at radius 3 is 2.50 bits per heavy atom. The third kappa shape index (κ3) is 5.56. The van der Waals surface area contributed by atoms with Crippen LogP contribution in [0.25, 0.3) is 0 Å². The predicted octanol–water partition coefficient (Wildman–Crippen LogP) is 0.899. The molecule has 1 amide bonds. The van der Waals surface area contributed by atoms with Crippen molar-refractivity contribution in [3.05, 3.63) is 50.7 Å². The molecule has 0 atom stereocenters. The molecule has 0 spiro atoms. The van der Waals surface area contributed by atoms with Crippen LogP contribution in [-0.2, 0) is 18.9 Å². The molecule has 150 valence electrons. The van der Waals surface area contributed by atoms with E-state index in [0.717, 1.165) is 32.3 Å². The number of carbonyl (C=O) groups is 1. The van der Waals surface area contributed by atoms with E-state index < -0.39 is 11.2 Å². The SMILES string of the molecule is C/C(=N/NC(=O)CSc1nn(C)c(=O)n(C)c1=O)c1ccc(OC(C)C)cc1. The van der Waals surface area contributed by atoms with Crippen LogP contribution in [-0.4, -0.2) is 37.8 Å². The summed E-state index contributed by atoms with van der Waals surface area (Å²) < 4.78 is 7.59. The summed E-state index contributed by atoms with van der Waals surface area (Å²) in [6.07, 6.45) is 0.0933. The van der Waals surface area contributed by atoms with Gasteiger partial charge in [0.2, 0.25) is 5.91 Å². The third-order valence-electron chi connectivity index (χ3n) is 3.62. The highest BCUT2D eigenvalue weighted by molar-refractivity contribution is 7.99. The van der Waals surface area contributed by atoms with Crippen LogP contribution in [0.3, 0.4) is 0 Å². The zero-order valence-electron chi connectivity index (χ0n) is 16.4. The van der Waals surface area contributed by atoms with Crippen LogP contribution in [0.4, 0.5) is 0 Å². The summed E-state index contributed by atoms with van der Waals surface area (Å²) in [5.74, 6) is 0.318. The van der Waals surface area contributed by atoms with Gasteiger partial charge in [-0.1, -0.05) is 11.8 Å². The molecule has 0 saturated heterocycles. The molecular weight excluding hydrogens is 382 g/mol. The molecule has 0 aliphatic heterocycles. The molecule has 9 nitrogen and oxygen atoms in total. The summed E-state index contributed by atoms with van der Waals surface area (Å²) in [5, 5.41) is 8.03. The molecule has 1 aromatic heterocycles. The summed E-state index contributed by atoms with van der Waals surface area (Å²) in [6.45, 7) is 5.68. The zero-order chi connectivity index (χ0) is 20.8. The maximum Gasteiger partial charge on any atom is 0.346 e. The van der Waals surface area contributed by atoms with Gasteiger partial charge in [0.05, 0.1) is 17.6 Å². The molecule has 0 saturated carbocycles. The number of amides is 1. The molecule has 0 unspecified atom stereocenters. The second-order valence-corrected chi connectivity index (χ2v) is 7.25. The summed E-state index contributed by atoms with van der Waals surface area (Å²) in [4.78, 5) is 35.6. The number of benzene rings is 1. The quantitative estimate of drug-likeness (QED) is 0.417. The molecule has 10 heteroatoms. The molecule has 0 radical (unpaired) electrons. The number of aromatic nitrogens is 3. The van der Waals surface area contributed by atoms with E-state index in [9.17, 15) is 14.4 Å². The number of nitrogens with one attached hydrogen (secondary N) is 1. The minimum atomic E-state index is -0.538. The standard InChI is InChI=1S/C18H23N5O4S/c1-11(2)27-14-8-6-13(7-9-14)12(3)19-20-15(24)10-28-16-17(25)22(4)18(26)23(5)21-16/h6-9,11H,10H2,1-5H3,(H,20,24)/b19-12-. The van der Waals surface area contributed by atoms with Gasteiger partial charge >= 0.3 is 5.69 Å². The van der Waals surface area contributed by atoms with Crippen LogP contribution >= 0.6 is 11.8 Å².